The minimum atomic E-state index is -2.95. The van der Waals surface area contributed by atoms with Crippen LogP contribution < -0.4 is 10.9 Å². The number of nitrogens with zero attached hydrogens (tertiary/aromatic N) is 5. The molecule has 2 saturated carbocycles. The normalized spacial score (nSPS) is 28.3. The van der Waals surface area contributed by atoms with Crippen LogP contribution in [0.1, 0.15) is 74.6 Å². The van der Waals surface area contributed by atoms with E-state index in [-0.39, 0.29) is 22.6 Å². The van der Waals surface area contributed by atoms with Gasteiger partial charge >= 0.3 is 0 Å². The summed E-state index contributed by atoms with van der Waals surface area (Å²) < 4.78 is 60.4. The summed E-state index contributed by atoms with van der Waals surface area (Å²) in [5, 5.41) is 14.0. The number of pyridine rings is 1. The highest BCUT2D eigenvalue weighted by molar-refractivity contribution is 7.95. The molecule has 1 spiro atoms. The van der Waals surface area contributed by atoms with Crippen molar-refractivity contribution in [3.05, 3.63) is 63.5 Å². The molecule has 12 heteroatoms. The molecule has 3 heterocycles. The topological polar surface area (TPSA) is 113 Å². The zero-order chi connectivity index (χ0) is 29.2. The molecule has 0 bridgehead atoms. The van der Waals surface area contributed by atoms with Crippen LogP contribution in [-0.4, -0.2) is 36.3 Å². The molecule has 216 valence electrons. The van der Waals surface area contributed by atoms with Gasteiger partial charge < -0.3 is 5.32 Å². The van der Waals surface area contributed by atoms with E-state index < -0.39 is 39.0 Å². The number of anilines is 1. The van der Waals surface area contributed by atoms with E-state index in [0.717, 1.165) is 18.9 Å². The lowest BCUT2D eigenvalue weighted by molar-refractivity contribution is 0.146. The molecule has 2 aliphatic carbocycles. The van der Waals surface area contributed by atoms with Gasteiger partial charge in [0.25, 0.3) is 12.0 Å². The summed E-state index contributed by atoms with van der Waals surface area (Å²) >= 11 is 0. The quantitative estimate of drug-likeness (QED) is 0.407. The molecule has 1 aliphatic heterocycles. The largest absolute Gasteiger partial charge is 0.363 e. The van der Waals surface area contributed by atoms with E-state index in [2.05, 4.69) is 25.7 Å². The Balaban J connectivity index is 1.32. The number of aromatic nitrogens is 3. The van der Waals surface area contributed by atoms with Crippen LogP contribution in [0.2, 0.25) is 0 Å². The summed E-state index contributed by atoms with van der Waals surface area (Å²) in [6, 6.07) is 7.46. The van der Waals surface area contributed by atoms with Gasteiger partial charge in [0.15, 0.2) is 0 Å². The Morgan fingerprint density at radius 1 is 1.17 bits per heavy atom. The first-order valence-corrected chi connectivity index (χ1v) is 15.7. The second kappa shape index (κ2) is 9.82. The van der Waals surface area contributed by atoms with Gasteiger partial charge in [0.1, 0.15) is 23.6 Å². The van der Waals surface area contributed by atoms with E-state index in [1.165, 1.54) is 23.0 Å². The second-order valence-corrected chi connectivity index (χ2v) is 14.2. The van der Waals surface area contributed by atoms with Gasteiger partial charge in [-0.05, 0) is 56.9 Å². The van der Waals surface area contributed by atoms with Gasteiger partial charge in [0.05, 0.1) is 34.5 Å². The summed E-state index contributed by atoms with van der Waals surface area (Å²) in [5.41, 5.74) is -1.42. The Morgan fingerprint density at radius 3 is 2.49 bits per heavy atom. The van der Waals surface area contributed by atoms with Crippen molar-refractivity contribution in [2.24, 2.45) is 16.8 Å². The van der Waals surface area contributed by atoms with Gasteiger partial charge in [-0.15, -0.1) is 0 Å². The Hall–Kier alpha value is -3.46. The molecular weight excluding hydrogens is 553 g/mol. The third-order valence-electron chi connectivity index (χ3n) is 8.96. The monoisotopic (exact) mass is 584 g/mol. The zero-order valence-electron chi connectivity index (χ0n) is 22.9. The lowest BCUT2D eigenvalue weighted by Crippen LogP contribution is -2.53. The Morgan fingerprint density at radius 2 is 1.85 bits per heavy atom. The maximum atomic E-state index is 14.9. The molecule has 3 aliphatic rings. The van der Waals surface area contributed by atoms with Crippen LogP contribution in [-0.2, 0) is 22.2 Å². The van der Waals surface area contributed by atoms with Gasteiger partial charge in [-0.3, -0.25) is 9.36 Å². The van der Waals surface area contributed by atoms with Crippen molar-refractivity contribution in [2.75, 3.05) is 16.8 Å². The number of rotatable bonds is 6. The number of alkyl halides is 2. The molecule has 1 atom stereocenters. The standard InChI is InChI=1S/C29H31F3N6O2S/c1-17(19-4-3-5-20(23(19)30)24(31)32)36-25-21-12-22(27(39)38(2)26(21)35-16-34-25)29(13-33)10-8-28(9-11-29)14-41(40,15-28)37-18-6-7-18/h3-5,12,16-18,24H,6-11,14-15H2,1-2H3,(H,34,35,36)/t17-,28?,29?,41?/m1/s1. The molecule has 1 N–H and O–H groups in total. The average molecular weight is 585 g/mol. The molecule has 3 aromatic rings. The second-order valence-electron chi connectivity index (χ2n) is 11.9. The van der Waals surface area contributed by atoms with Crippen LogP contribution in [0.15, 0.2) is 39.8 Å². The maximum absolute atomic E-state index is 14.9. The predicted octanol–water partition coefficient (Wildman–Crippen LogP) is 5.54. The van der Waals surface area contributed by atoms with E-state index in [9.17, 15) is 27.4 Å². The number of halogens is 3. The number of hydrogen-bond donors (Lipinski definition) is 1. The Kier molecular flexibility index (Phi) is 6.64. The number of benzene rings is 1. The smallest absolute Gasteiger partial charge is 0.266 e. The molecule has 6 rings (SSSR count). The van der Waals surface area contributed by atoms with Crippen LogP contribution >= 0.6 is 0 Å². The zero-order valence-corrected chi connectivity index (χ0v) is 23.7. The average Bonchev–Trinajstić information content (AvgIpc) is 3.74. The minimum Gasteiger partial charge on any atom is -0.363 e. The van der Waals surface area contributed by atoms with Crippen molar-refractivity contribution < 1.29 is 17.4 Å². The van der Waals surface area contributed by atoms with Crippen molar-refractivity contribution in [1.29, 1.82) is 5.26 Å². The summed E-state index contributed by atoms with van der Waals surface area (Å²) in [7, 11) is -0.574. The molecule has 0 amide bonds. The molecule has 8 nitrogen and oxygen atoms in total. The van der Waals surface area contributed by atoms with Gasteiger partial charge in [0, 0.05) is 39.4 Å². The van der Waals surface area contributed by atoms with E-state index in [1.807, 2.05) is 0 Å². The van der Waals surface area contributed by atoms with E-state index in [1.54, 1.807) is 20.0 Å². The van der Waals surface area contributed by atoms with Crippen molar-refractivity contribution >= 4 is 26.6 Å². The molecule has 0 radical (unpaired) electrons. The fourth-order valence-corrected chi connectivity index (χ4v) is 9.77. The summed E-state index contributed by atoms with van der Waals surface area (Å²) in [5.74, 6) is 0.439. The van der Waals surface area contributed by atoms with Crippen LogP contribution in [0.5, 0.6) is 0 Å². The number of nitrogens with one attached hydrogen (secondary N) is 1. The van der Waals surface area contributed by atoms with E-state index >= 15 is 0 Å². The third kappa shape index (κ3) is 4.78. The SMILES string of the molecule is C[C@@H](Nc1ncnc2c1cc(C1(C#N)CCC3(CC1)CS(=O)(=NC1CC1)C3)c(=O)n2C)c1cccc(C(F)F)c1F. The number of hydrogen-bond acceptors (Lipinski definition) is 7. The van der Waals surface area contributed by atoms with Crippen LogP contribution in [0, 0.1) is 22.6 Å². The summed E-state index contributed by atoms with van der Waals surface area (Å²) in [6.07, 6.45) is 2.65. The lowest BCUT2D eigenvalue weighted by Gasteiger charge is -2.50. The van der Waals surface area contributed by atoms with E-state index in [4.69, 9.17) is 0 Å². The van der Waals surface area contributed by atoms with Crippen LogP contribution in [0.25, 0.3) is 11.0 Å². The van der Waals surface area contributed by atoms with E-state index in [0.29, 0.717) is 59.6 Å². The van der Waals surface area contributed by atoms with Crippen molar-refractivity contribution in [2.45, 2.75) is 69.4 Å². The van der Waals surface area contributed by atoms with Crippen molar-refractivity contribution in [3.63, 3.8) is 0 Å². The first-order chi connectivity index (χ1) is 19.5. The highest BCUT2D eigenvalue weighted by Crippen LogP contribution is 2.53. The molecule has 3 fully saturated rings. The van der Waals surface area contributed by atoms with Crippen molar-refractivity contribution in [1.82, 2.24) is 14.5 Å². The molecule has 1 aromatic carbocycles. The lowest BCUT2D eigenvalue weighted by atomic mass is 9.62. The molecule has 2 aromatic heterocycles. The number of aryl methyl sites for hydroxylation is 1. The third-order valence-corrected chi connectivity index (χ3v) is 11.8. The van der Waals surface area contributed by atoms with Crippen LogP contribution in [0.4, 0.5) is 19.0 Å². The van der Waals surface area contributed by atoms with Gasteiger partial charge in [-0.2, -0.15) is 5.26 Å². The Bertz CT molecular complexity index is 1750. The highest BCUT2D eigenvalue weighted by Gasteiger charge is 2.53. The minimum absolute atomic E-state index is 0.0520. The Labute approximate surface area is 236 Å². The number of nitriles is 1. The molecular formula is C29H31F3N6O2S. The summed E-state index contributed by atoms with van der Waals surface area (Å²) in [4.78, 5) is 22.2. The fourth-order valence-electron chi connectivity index (χ4n) is 6.46. The van der Waals surface area contributed by atoms with Crippen LogP contribution in [0.3, 0.4) is 0 Å². The first kappa shape index (κ1) is 27.7. The predicted molar refractivity (Wildman–Crippen MR) is 150 cm³/mol. The van der Waals surface area contributed by atoms with Gasteiger partial charge in [-0.1, -0.05) is 18.2 Å². The number of fused-ring (bicyclic) bond motifs is 1. The molecule has 1 saturated heterocycles. The first-order valence-electron chi connectivity index (χ1n) is 13.8. The van der Waals surface area contributed by atoms with Gasteiger partial charge in [0.2, 0.25) is 0 Å². The summed E-state index contributed by atoms with van der Waals surface area (Å²) in [6.45, 7) is 1.63. The molecule has 41 heavy (non-hydrogen) atoms. The van der Waals surface area contributed by atoms with Gasteiger partial charge in [-0.25, -0.2) is 31.7 Å². The fraction of sp³-hybridized carbons (Fsp3) is 0.517. The van der Waals surface area contributed by atoms with Crippen molar-refractivity contribution in [3.8, 4) is 6.07 Å². The maximum Gasteiger partial charge on any atom is 0.266 e. The molecule has 0 unspecified atom stereocenters. The highest BCUT2D eigenvalue weighted by atomic mass is 32.2.